The van der Waals surface area contributed by atoms with Crippen molar-refractivity contribution < 1.29 is 10.2 Å². The molecule has 0 bridgehead atoms. The van der Waals surface area contributed by atoms with Crippen molar-refractivity contribution in [2.24, 2.45) is 5.92 Å². The van der Waals surface area contributed by atoms with Crippen molar-refractivity contribution in [3.8, 4) is 11.5 Å². The minimum absolute atomic E-state index is 0.276. The summed E-state index contributed by atoms with van der Waals surface area (Å²) in [6.45, 7) is 0. The van der Waals surface area contributed by atoms with Gasteiger partial charge in [0.05, 0.1) is 0 Å². The van der Waals surface area contributed by atoms with Gasteiger partial charge in [0.1, 0.15) is 11.5 Å². The van der Waals surface area contributed by atoms with Gasteiger partial charge in [0.2, 0.25) is 0 Å². The number of rotatable bonds is 4. The van der Waals surface area contributed by atoms with E-state index in [0.29, 0.717) is 23.3 Å². The predicted octanol–water partition coefficient (Wildman–Crippen LogP) is 6.20. The molecule has 0 amide bonds. The number of hydrogen-bond donors (Lipinski definition) is 2. The first-order valence-electron chi connectivity index (χ1n) is 9.83. The molecule has 2 N–H and O–H groups in total. The molecular formula is C25H26O2. The van der Waals surface area contributed by atoms with Gasteiger partial charge in [-0.15, -0.1) is 0 Å². The second-order valence-electron chi connectivity index (χ2n) is 7.70. The standard InChI is InChI=1S/C25H26O2/c26-23-13-9-19(10-14-23)25(20-11-15-24(27)16-12-20)22-8-4-7-21(17-22)18-5-2-1-3-6-18/h1-3,5-6,9-16,21-22,25-27H,4,7-8,17H2/t21-,22+/m1/s1. The molecule has 1 aliphatic rings. The van der Waals surface area contributed by atoms with Gasteiger partial charge in [0.15, 0.2) is 0 Å². The zero-order chi connectivity index (χ0) is 18.6. The van der Waals surface area contributed by atoms with Crippen LogP contribution in [0, 0.1) is 5.92 Å². The van der Waals surface area contributed by atoms with E-state index in [1.165, 1.54) is 36.0 Å². The van der Waals surface area contributed by atoms with Gasteiger partial charge in [0.25, 0.3) is 0 Å². The largest absolute Gasteiger partial charge is 0.508 e. The molecule has 1 fully saturated rings. The van der Waals surface area contributed by atoms with E-state index in [2.05, 4.69) is 30.3 Å². The Morgan fingerprint density at radius 3 is 1.78 bits per heavy atom. The fraction of sp³-hybridized carbons (Fsp3) is 0.280. The van der Waals surface area contributed by atoms with Crippen molar-refractivity contribution in [3.05, 3.63) is 95.6 Å². The Kier molecular flexibility index (Phi) is 5.15. The summed E-state index contributed by atoms with van der Waals surface area (Å²) in [5, 5.41) is 19.4. The monoisotopic (exact) mass is 358 g/mol. The molecule has 1 saturated carbocycles. The third-order valence-electron chi connectivity index (χ3n) is 5.96. The van der Waals surface area contributed by atoms with E-state index in [-0.39, 0.29) is 5.92 Å². The lowest BCUT2D eigenvalue weighted by Crippen LogP contribution is -2.21. The zero-order valence-electron chi connectivity index (χ0n) is 15.5. The van der Waals surface area contributed by atoms with Gasteiger partial charge in [-0.3, -0.25) is 0 Å². The Morgan fingerprint density at radius 2 is 1.22 bits per heavy atom. The Bertz CT molecular complexity index is 808. The summed E-state index contributed by atoms with van der Waals surface area (Å²) in [7, 11) is 0. The Labute approximate surface area is 161 Å². The number of aromatic hydroxyl groups is 2. The summed E-state index contributed by atoms with van der Waals surface area (Å²) in [6.07, 6.45) is 4.85. The van der Waals surface area contributed by atoms with Crippen molar-refractivity contribution in [1.29, 1.82) is 0 Å². The van der Waals surface area contributed by atoms with E-state index < -0.39 is 0 Å². The van der Waals surface area contributed by atoms with Crippen molar-refractivity contribution in [3.63, 3.8) is 0 Å². The number of hydrogen-bond acceptors (Lipinski definition) is 2. The maximum atomic E-state index is 9.71. The molecule has 0 unspecified atom stereocenters. The fourth-order valence-corrected chi connectivity index (χ4v) is 4.66. The first-order chi connectivity index (χ1) is 13.2. The van der Waals surface area contributed by atoms with Gasteiger partial charge in [-0.05, 0) is 72.1 Å². The van der Waals surface area contributed by atoms with Crippen LogP contribution in [0.4, 0.5) is 0 Å². The molecule has 0 aliphatic heterocycles. The smallest absolute Gasteiger partial charge is 0.115 e. The van der Waals surface area contributed by atoms with Crippen LogP contribution in [-0.4, -0.2) is 10.2 Å². The van der Waals surface area contributed by atoms with Crippen LogP contribution >= 0.6 is 0 Å². The van der Waals surface area contributed by atoms with E-state index in [1.54, 1.807) is 24.3 Å². The molecule has 27 heavy (non-hydrogen) atoms. The van der Waals surface area contributed by atoms with Crippen molar-refractivity contribution >= 4 is 0 Å². The number of phenolic OH excluding ortho intramolecular Hbond substituents is 2. The normalized spacial score (nSPS) is 19.9. The van der Waals surface area contributed by atoms with E-state index in [0.717, 1.165) is 6.42 Å². The average molecular weight is 358 g/mol. The van der Waals surface area contributed by atoms with Crippen molar-refractivity contribution in [2.75, 3.05) is 0 Å². The lowest BCUT2D eigenvalue weighted by Gasteiger charge is -2.35. The van der Waals surface area contributed by atoms with E-state index in [4.69, 9.17) is 0 Å². The molecule has 4 rings (SSSR count). The Morgan fingerprint density at radius 1 is 0.667 bits per heavy atom. The first-order valence-corrected chi connectivity index (χ1v) is 9.83. The minimum Gasteiger partial charge on any atom is -0.508 e. The third kappa shape index (κ3) is 4.00. The molecule has 1 aliphatic carbocycles. The van der Waals surface area contributed by atoms with Crippen LogP contribution in [0.25, 0.3) is 0 Å². The maximum Gasteiger partial charge on any atom is 0.115 e. The van der Waals surface area contributed by atoms with Crippen molar-refractivity contribution in [2.45, 2.75) is 37.5 Å². The van der Waals surface area contributed by atoms with Crippen LogP contribution in [0.3, 0.4) is 0 Å². The summed E-state index contributed by atoms with van der Waals surface area (Å²) in [5.74, 6) is 2.01. The third-order valence-corrected chi connectivity index (χ3v) is 5.96. The van der Waals surface area contributed by atoms with E-state index in [1.807, 2.05) is 24.3 Å². The molecule has 0 radical (unpaired) electrons. The molecular weight excluding hydrogens is 332 g/mol. The summed E-state index contributed by atoms with van der Waals surface area (Å²) in [6, 6.07) is 26.1. The lowest BCUT2D eigenvalue weighted by atomic mass is 9.69. The van der Waals surface area contributed by atoms with Crippen LogP contribution in [-0.2, 0) is 0 Å². The molecule has 0 spiro atoms. The zero-order valence-corrected chi connectivity index (χ0v) is 15.5. The van der Waals surface area contributed by atoms with Gasteiger partial charge >= 0.3 is 0 Å². The van der Waals surface area contributed by atoms with Gasteiger partial charge in [-0.25, -0.2) is 0 Å². The van der Waals surface area contributed by atoms with Crippen LogP contribution in [0.1, 0.15) is 54.2 Å². The SMILES string of the molecule is Oc1ccc(C(c2ccc(O)cc2)[C@H]2CCC[C@@H](c3ccccc3)C2)cc1. The molecule has 0 saturated heterocycles. The highest BCUT2D eigenvalue weighted by atomic mass is 16.3. The quantitative estimate of drug-likeness (QED) is 0.582. The Balaban J connectivity index is 1.67. The highest BCUT2D eigenvalue weighted by Crippen LogP contribution is 2.45. The average Bonchev–Trinajstić information content (AvgIpc) is 2.72. The van der Waals surface area contributed by atoms with Gasteiger partial charge in [-0.2, -0.15) is 0 Å². The number of phenols is 2. The van der Waals surface area contributed by atoms with Crippen LogP contribution < -0.4 is 0 Å². The van der Waals surface area contributed by atoms with Crippen LogP contribution in [0.5, 0.6) is 11.5 Å². The predicted molar refractivity (Wildman–Crippen MR) is 109 cm³/mol. The summed E-state index contributed by atoms with van der Waals surface area (Å²) in [5.41, 5.74) is 3.91. The second-order valence-corrected chi connectivity index (χ2v) is 7.70. The van der Waals surface area contributed by atoms with E-state index in [9.17, 15) is 10.2 Å². The molecule has 3 aromatic rings. The van der Waals surface area contributed by atoms with Crippen molar-refractivity contribution in [1.82, 2.24) is 0 Å². The van der Waals surface area contributed by atoms with Crippen LogP contribution in [0.2, 0.25) is 0 Å². The fourth-order valence-electron chi connectivity index (χ4n) is 4.66. The minimum atomic E-state index is 0.276. The molecule has 138 valence electrons. The molecule has 0 aromatic heterocycles. The molecule has 2 heteroatoms. The topological polar surface area (TPSA) is 40.5 Å². The molecule has 2 nitrogen and oxygen atoms in total. The van der Waals surface area contributed by atoms with Gasteiger partial charge in [0, 0.05) is 5.92 Å². The first kappa shape index (κ1) is 17.7. The number of benzene rings is 3. The van der Waals surface area contributed by atoms with Gasteiger partial charge < -0.3 is 10.2 Å². The maximum absolute atomic E-state index is 9.71. The summed E-state index contributed by atoms with van der Waals surface area (Å²) < 4.78 is 0. The van der Waals surface area contributed by atoms with E-state index >= 15 is 0 Å². The lowest BCUT2D eigenvalue weighted by molar-refractivity contribution is 0.296. The van der Waals surface area contributed by atoms with Gasteiger partial charge in [-0.1, -0.05) is 61.0 Å². The van der Waals surface area contributed by atoms with Crippen LogP contribution in [0.15, 0.2) is 78.9 Å². The molecule has 0 heterocycles. The highest BCUT2D eigenvalue weighted by molar-refractivity contribution is 5.38. The Hall–Kier alpha value is -2.74. The second kappa shape index (κ2) is 7.87. The summed E-state index contributed by atoms with van der Waals surface area (Å²) >= 11 is 0. The summed E-state index contributed by atoms with van der Waals surface area (Å²) in [4.78, 5) is 0. The highest BCUT2D eigenvalue weighted by Gasteiger charge is 2.31. The molecule has 3 aromatic carbocycles. The molecule has 2 atom stereocenters.